The van der Waals surface area contributed by atoms with Crippen molar-refractivity contribution in [3.05, 3.63) is 36.0 Å². The summed E-state index contributed by atoms with van der Waals surface area (Å²) in [4.78, 5) is 4.22. The molecular weight excluding hydrogens is 190 g/mol. The SMILES string of the molecule is COc1ccc(C(=N)N)c2cccnc12. The first-order chi connectivity index (χ1) is 7.24. The molecular formula is C11H11N3O. The van der Waals surface area contributed by atoms with E-state index in [1.165, 1.54) is 0 Å². The highest BCUT2D eigenvalue weighted by atomic mass is 16.5. The number of nitrogen functional groups attached to an aromatic ring is 1. The zero-order chi connectivity index (χ0) is 10.8. The third-order valence-electron chi connectivity index (χ3n) is 2.24. The maximum Gasteiger partial charge on any atom is 0.145 e. The second-order valence-corrected chi connectivity index (χ2v) is 3.13. The lowest BCUT2D eigenvalue weighted by atomic mass is 10.1. The molecule has 0 aliphatic rings. The second-order valence-electron chi connectivity index (χ2n) is 3.13. The normalized spacial score (nSPS) is 10.2. The van der Waals surface area contributed by atoms with E-state index in [9.17, 15) is 0 Å². The van der Waals surface area contributed by atoms with Gasteiger partial charge in [0.1, 0.15) is 17.1 Å². The van der Waals surface area contributed by atoms with Crippen molar-refractivity contribution in [3.63, 3.8) is 0 Å². The summed E-state index contributed by atoms with van der Waals surface area (Å²) < 4.78 is 5.19. The predicted octanol–water partition coefficient (Wildman–Crippen LogP) is 1.53. The third-order valence-corrected chi connectivity index (χ3v) is 2.24. The Labute approximate surface area is 87.2 Å². The van der Waals surface area contributed by atoms with Crippen LogP contribution < -0.4 is 10.5 Å². The summed E-state index contributed by atoms with van der Waals surface area (Å²) in [5, 5.41) is 8.29. The van der Waals surface area contributed by atoms with Gasteiger partial charge in [-0.1, -0.05) is 6.07 Å². The summed E-state index contributed by atoms with van der Waals surface area (Å²) in [6, 6.07) is 7.23. The number of nitrogens with zero attached hydrogens (tertiary/aromatic N) is 1. The number of hydrogen-bond donors (Lipinski definition) is 2. The van der Waals surface area contributed by atoms with Gasteiger partial charge in [0.15, 0.2) is 0 Å². The first-order valence-electron chi connectivity index (χ1n) is 4.50. The van der Waals surface area contributed by atoms with Gasteiger partial charge in [0.05, 0.1) is 7.11 Å². The van der Waals surface area contributed by atoms with Crippen LogP contribution in [0.3, 0.4) is 0 Å². The maximum absolute atomic E-state index is 7.45. The summed E-state index contributed by atoms with van der Waals surface area (Å²) in [5.74, 6) is 0.728. The Balaban J connectivity index is 2.83. The van der Waals surface area contributed by atoms with Crippen molar-refractivity contribution in [3.8, 4) is 5.75 Å². The van der Waals surface area contributed by atoms with Gasteiger partial charge in [-0.15, -0.1) is 0 Å². The number of aromatic nitrogens is 1. The van der Waals surface area contributed by atoms with Crippen LogP contribution in [0.15, 0.2) is 30.5 Å². The van der Waals surface area contributed by atoms with Gasteiger partial charge in [-0.2, -0.15) is 0 Å². The van der Waals surface area contributed by atoms with Crippen LogP contribution in [-0.2, 0) is 0 Å². The van der Waals surface area contributed by atoms with Gasteiger partial charge < -0.3 is 10.5 Å². The van der Waals surface area contributed by atoms with Crippen molar-refractivity contribution in [2.45, 2.75) is 0 Å². The molecule has 0 spiro atoms. The van der Waals surface area contributed by atoms with Crippen LogP contribution in [0.1, 0.15) is 5.56 Å². The minimum absolute atomic E-state index is 0.0376. The van der Waals surface area contributed by atoms with E-state index in [0.29, 0.717) is 11.3 Å². The van der Waals surface area contributed by atoms with Gasteiger partial charge in [-0.05, 0) is 18.2 Å². The first kappa shape index (κ1) is 9.45. The molecule has 0 aliphatic heterocycles. The van der Waals surface area contributed by atoms with Crippen LogP contribution in [0.5, 0.6) is 5.75 Å². The van der Waals surface area contributed by atoms with Gasteiger partial charge in [-0.25, -0.2) is 0 Å². The topological polar surface area (TPSA) is 72.0 Å². The Bertz CT molecular complexity index is 522. The number of fused-ring (bicyclic) bond motifs is 1. The molecule has 2 aromatic rings. The van der Waals surface area contributed by atoms with Crippen LogP contribution in [-0.4, -0.2) is 17.9 Å². The van der Waals surface area contributed by atoms with Crippen LogP contribution >= 0.6 is 0 Å². The molecule has 0 atom stereocenters. The highest BCUT2D eigenvalue weighted by molar-refractivity contribution is 6.07. The molecule has 0 unspecified atom stereocenters. The molecule has 0 saturated heterocycles. The van der Waals surface area contributed by atoms with Crippen LogP contribution in [0, 0.1) is 5.41 Å². The van der Waals surface area contributed by atoms with E-state index < -0.39 is 0 Å². The molecule has 76 valence electrons. The lowest BCUT2D eigenvalue weighted by molar-refractivity contribution is 0.419. The number of ether oxygens (including phenoxy) is 1. The van der Waals surface area contributed by atoms with Crippen LogP contribution in [0.2, 0.25) is 0 Å². The Morgan fingerprint density at radius 2 is 2.20 bits per heavy atom. The van der Waals surface area contributed by atoms with E-state index >= 15 is 0 Å². The zero-order valence-corrected chi connectivity index (χ0v) is 8.32. The minimum atomic E-state index is 0.0376. The monoisotopic (exact) mass is 201 g/mol. The Morgan fingerprint density at radius 1 is 1.40 bits per heavy atom. The molecule has 1 heterocycles. The Hall–Kier alpha value is -2.10. The van der Waals surface area contributed by atoms with Crippen molar-refractivity contribution >= 4 is 16.7 Å². The van der Waals surface area contributed by atoms with E-state index in [2.05, 4.69) is 4.98 Å². The first-order valence-corrected chi connectivity index (χ1v) is 4.50. The van der Waals surface area contributed by atoms with Gasteiger partial charge in [-0.3, -0.25) is 10.4 Å². The van der Waals surface area contributed by atoms with Crippen molar-refractivity contribution in [2.24, 2.45) is 5.73 Å². The number of nitrogens with one attached hydrogen (secondary N) is 1. The lowest BCUT2D eigenvalue weighted by Gasteiger charge is -2.07. The largest absolute Gasteiger partial charge is 0.494 e. The smallest absolute Gasteiger partial charge is 0.145 e. The molecule has 0 bridgehead atoms. The van der Waals surface area contributed by atoms with Crippen LogP contribution in [0.25, 0.3) is 10.9 Å². The van der Waals surface area contributed by atoms with Gasteiger partial charge in [0.2, 0.25) is 0 Å². The molecule has 3 N–H and O–H groups in total. The molecule has 1 aromatic carbocycles. The molecule has 1 aromatic heterocycles. The number of pyridine rings is 1. The van der Waals surface area contributed by atoms with Crippen molar-refractivity contribution < 1.29 is 4.74 Å². The fourth-order valence-corrected chi connectivity index (χ4v) is 1.55. The van der Waals surface area contributed by atoms with E-state index in [-0.39, 0.29) is 5.84 Å². The van der Waals surface area contributed by atoms with Gasteiger partial charge in [0.25, 0.3) is 0 Å². The third kappa shape index (κ3) is 1.50. The number of methoxy groups -OCH3 is 1. The van der Waals surface area contributed by atoms with Crippen LogP contribution in [0.4, 0.5) is 0 Å². The molecule has 0 amide bonds. The fourth-order valence-electron chi connectivity index (χ4n) is 1.55. The summed E-state index contributed by atoms with van der Waals surface area (Å²) in [6.07, 6.45) is 1.69. The molecule has 0 fully saturated rings. The van der Waals surface area contributed by atoms with Crippen molar-refractivity contribution in [2.75, 3.05) is 7.11 Å². The quantitative estimate of drug-likeness (QED) is 0.571. The maximum atomic E-state index is 7.45. The fraction of sp³-hybridized carbons (Fsp3) is 0.0909. The number of benzene rings is 1. The van der Waals surface area contributed by atoms with E-state index in [0.717, 1.165) is 10.9 Å². The van der Waals surface area contributed by atoms with Gasteiger partial charge in [0, 0.05) is 17.1 Å². The van der Waals surface area contributed by atoms with Gasteiger partial charge >= 0.3 is 0 Å². The molecule has 0 radical (unpaired) electrons. The summed E-state index contributed by atoms with van der Waals surface area (Å²) in [6.45, 7) is 0. The summed E-state index contributed by atoms with van der Waals surface area (Å²) in [5.41, 5.74) is 6.89. The number of hydrogen-bond acceptors (Lipinski definition) is 3. The number of amidine groups is 1. The molecule has 4 nitrogen and oxygen atoms in total. The predicted molar refractivity (Wildman–Crippen MR) is 59.3 cm³/mol. The molecule has 15 heavy (non-hydrogen) atoms. The standard InChI is InChI=1S/C11H11N3O/c1-15-9-5-4-8(11(12)13)7-3-2-6-14-10(7)9/h2-6H,1H3,(H3,12,13). The zero-order valence-electron chi connectivity index (χ0n) is 8.32. The van der Waals surface area contributed by atoms with Crippen molar-refractivity contribution in [1.82, 2.24) is 4.98 Å². The molecule has 0 saturated carbocycles. The molecule has 0 aliphatic carbocycles. The molecule has 4 heteroatoms. The average Bonchev–Trinajstić information content (AvgIpc) is 2.27. The van der Waals surface area contributed by atoms with E-state index in [1.54, 1.807) is 25.4 Å². The highest BCUT2D eigenvalue weighted by Gasteiger charge is 2.08. The Kier molecular flexibility index (Phi) is 2.25. The van der Waals surface area contributed by atoms with E-state index in [4.69, 9.17) is 15.9 Å². The molecule has 2 rings (SSSR count). The number of rotatable bonds is 2. The lowest BCUT2D eigenvalue weighted by Crippen LogP contribution is -2.11. The Morgan fingerprint density at radius 3 is 2.87 bits per heavy atom. The van der Waals surface area contributed by atoms with Crippen molar-refractivity contribution in [1.29, 1.82) is 5.41 Å². The van der Waals surface area contributed by atoms with E-state index in [1.807, 2.05) is 12.1 Å². The average molecular weight is 201 g/mol. The number of nitrogens with two attached hydrogens (primary N) is 1. The summed E-state index contributed by atoms with van der Waals surface area (Å²) in [7, 11) is 1.59. The second kappa shape index (κ2) is 3.57. The highest BCUT2D eigenvalue weighted by Crippen LogP contribution is 2.25. The summed E-state index contributed by atoms with van der Waals surface area (Å²) >= 11 is 0. The minimum Gasteiger partial charge on any atom is -0.494 e.